The quantitative estimate of drug-likeness (QED) is 0.891. The monoisotopic (exact) mass is 269 g/mol. The van der Waals surface area contributed by atoms with Gasteiger partial charge in [0.15, 0.2) is 0 Å². The van der Waals surface area contributed by atoms with Crippen molar-refractivity contribution in [3.63, 3.8) is 0 Å². The molecule has 1 N–H and O–H groups in total. The van der Waals surface area contributed by atoms with Crippen molar-refractivity contribution in [2.75, 3.05) is 13.7 Å². The molecule has 0 aliphatic carbocycles. The topological polar surface area (TPSA) is 30.5 Å². The summed E-state index contributed by atoms with van der Waals surface area (Å²) < 4.78 is 10.8. The second kappa shape index (κ2) is 6.41. The van der Waals surface area contributed by atoms with E-state index in [4.69, 9.17) is 21.1 Å². The zero-order valence-corrected chi connectivity index (χ0v) is 11.7. The third-order valence-electron chi connectivity index (χ3n) is 3.37. The van der Waals surface area contributed by atoms with Crippen molar-refractivity contribution < 1.29 is 9.47 Å². The zero-order chi connectivity index (χ0) is 13.0. The Kier molecular flexibility index (Phi) is 4.87. The van der Waals surface area contributed by atoms with Crippen LogP contribution in [0.5, 0.6) is 5.75 Å². The first-order chi connectivity index (χ1) is 8.70. The van der Waals surface area contributed by atoms with Gasteiger partial charge in [-0.3, -0.25) is 0 Å². The number of rotatable bonds is 5. The maximum atomic E-state index is 6.09. The first kappa shape index (κ1) is 13.7. The van der Waals surface area contributed by atoms with Gasteiger partial charge in [0.05, 0.1) is 18.2 Å². The van der Waals surface area contributed by atoms with Crippen molar-refractivity contribution in [3.05, 3.63) is 28.8 Å². The fourth-order valence-corrected chi connectivity index (χ4v) is 2.51. The number of ether oxygens (including phenoxy) is 2. The highest BCUT2D eigenvalue weighted by Gasteiger charge is 2.21. The van der Waals surface area contributed by atoms with Gasteiger partial charge in [-0.15, -0.1) is 0 Å². The standard InChI is InChI=1S/C14H20ClNO2/c1-10(13-4-3-7-18-13)16-9-11-5-6-14(17-2)12(15)8-11/h5-6,8,10,13,16H,3-4,7,9H2,1-2H3. The highest BCUT2D eigenvalue weighted by Crippen LogP contribution is 2.25. The summed E-state index contributed by atoms with van der Waals surface area (Å²) in [5.74, 6) is 0.715. The molecule has 100 valence electrons. The van der Waals surface area contributed by atoms with Crippen LogP contribution in [0.4, 0.5) is 0 Å². The Morgan fingerprint density at radius 3 is 3.00 bits per heavy atom. The second-order valence-electron chi connectivity index (χ2n) is 4.69. The molecule has 1 saturated heterocycles. The molecule has 2 atom stereocenters. The molecule has 1 heterocycles. The van der Waals surface area contributed by atoms with Crippen LogP contribution in [-0.2, 0) is 11.3 Å². The molecule has 1 aromatic carbocycles. The summed E-state index contributed by atoms with van der Waals surface area (Å²) in [5, 5.41) is 4.14. The van der Waals surface area contributed by atoms with E-state index in [-0.39, 0.29) is 0 Å². The molecule has 0 aromatic heterocycles. The van der Waals surface area contributed by atoms with Gasteiger partial charge in [0.1, 0.15) is 5.75 Å². The Bertz CT molecular complexity index is 391. The summed E-state index contributed by atoms with van der Waals surface area (Å²) in [6, 6.07) is 6.24. The van der Waals surface area contributed by atoms with Crippen LogP contribution in [0.2, 0.25) is 5.02 Å². The molecule has 1 aliphatic heterocycles. The van der Waals surface area contributed by atoms with E-state index in [2.05, 4.69) is 12.2 Å². The van der Waals surface area contributed by atoms with Gasteiger partial charge < -0.3 is 14.8 Å². The molecule has 0 radical (unpaired) electrons. The van der Waals surface area contributed by atoms with Gasteiger partial charge in [0.25, 0.3) is 0 Å². The van der Waals surface area contributed by atoms with Gasteiger partial charge in [-0.1, -0.05) is 17.7 Å². The SMILES string of the molecule is COc1ccc(CNC(C)C2CCCO2)cc1Cl. The predicted molar refractivity (Wildman–Crippen MR) is 73.3 cm³/mol. The molecule has 0 spiro atoms. The molecular formula is C14H20ClNO2. The number of halogens is 1. The average Bonchev–Trinajstić information content (AvgIpc) is 2.90. The van der Waals surface area contributed by atoms with Crippen LogP contribution < -0.4 is 10.1 Å². The Balaban J connectivity index is 1.87. The molecule has 4 heteroatoms. The Morgan fingerprint density at radius 2 is 2.39 bits per heavy atom. The highest BCUT2D eigenvalue weighted by molar-refractivity contribution is 6.32. The summed E-state index contributed by atoms with van der Waals surface area (Å²) >= 11 is 6.09. The summed E-state index contributed by atoms with van der Waals surface area (Å²) in [6.45, 7) is 3.86. The molecule has 0 saturated carbocycles. The van der Waals surface area contributed by atoms with E-state index in [1.807, 2.05) is 18.2 Å². The summed E-state index contributed by atoms with van der Waals surface area (Å²) in [5.41, 5.74) is 1.16. The lowest BCUT2D eigenvalue weighted by molar-refractivity contribution is 0.0832. The van der Waals surface area contributed by atoms with Crippen LogP contribution in [0.3, 0.4) is 0 Å². The van der Waals surface area contributed by atoms with Crippen molar-refractivity contribution >= 4 is 11.6 Å². The van der Waals surface area contributed by atoms with Gasteiger partial charge in [0, 0.05) is 19.2 Å². The van der Waals surface area contributed by atoms with Crippen LogP contribution >= 0.6 is 11.6 Å². The molecule has 0 amide bonds. The molecule has 2 unspecified atom stereocenters. The molecule has 1 aromatic rings. The maximum absolute atomic E-state index is 6.09. The van der Waals surface area contributed by atoms with E-state index in [0.717, 1.165) is 25.1 Å². The van der Waals surface area contributed by atoms with E-state index in [1.165, 1.54) is 6.42 Å². The van der Waals surface area contributed by atoms with E-state index in [1.54, 1.807) is 7.11 Å². The number of hydrogen-bond donors (Lipinski definition) is 1. The van der Waals surface area contributed by atoms with Gasteiger partial charge in [0.2, 0.25) is 0 Å². The van der Waals surface area contributed by atoms with Crippen molar-refractivity contribution in [1.82, 2.24) is 5.32 Å². The van der Waals surface area contributed by atoms with Crippen LogP contribution in [-0.4, -0.2) is 25.9 Å². The van der Waals surface area contributed by atoms with Gasteiger partial charge >= 0.3 is 0 Å². The van der Waals surface area contributed by atoms with Crippen LogP contribution in [0.1, 0.15) is 25.3 Å². The minimum atomic E-state index is 0.346. The minimum Gasteiger partial charge on any atom is -0.495 e. The lowest BCUT2D eigenvalue weighted by Crippen LogP contribution is -2.36. The Morgan fingerprint density at radius 1 is 1.56 bits per heavy atom. The summed E-state index contributed by atoms with van der Waals surface area (Å²) in [7, 11) is 1.62. The molecule has 1 fully saturated rings. The van der Waals surface area contributed by atoms with Gasteiger partial charge in [-0.05, 0) is 37.5 Å². The minimum absolute atomic E-state index is 0.346. The molecule has 3 nitrogen and oxygen atoms in total. The van der Waals surface area contributed by atoms with Crippen molar-refractivity contribution in [2.24, 2.45) is 0 Å². The largest absolute Gasteiger partial charge is 0.495 e. The third-order valence-corrected chi connectivity index (χ3v) is 3.66. The molecule has 18 heavy (non-hydrogen) atoms. The summed E-state index contributed by atoms with van der Waals surface area (Å²) in [4.78, 5) is 0. The van der Waals surface area contributed by atoms with E-state index in [0.29, 0.717) is 22.9 Å². The smallest absolute Gasteiger partial charge is 0.137 e. The van der Waals surface area contributed by atoms with Crippen molar-refractivity contribution in [2.45, 2.75) is 38.5 Å². The number of benzene rings is 1. The molecular weight excluding hydrogens is 250 g/mol. The molecule has 2 rings (SSSR count). The predicted octanol–water partition coefficient (Wildman–Crippen LogP) is 3.01. The van der Waals surface area contributed by atoms with Gasteiger partial charge in [-0.25, -0.2) is 0 Å². The number of hydrogen-bond acceptors (Lipinski definition) is 3. The normalized spacial score (nSPS) is 20.9. The van der Waals surface area contributed by atoms with E-state index in [9.17, 15) is 0 Å². The molecule has 0 bridgehead atoms. The number of methoxy groups -OCH3 is 1. The first-order valence-electron chi connectivity index (χ1n) is 6.38. The third kappa shape index (κ3) is 3.37. The summed E-state index contributed by atoms with van der Waals surface area (Å²) in [6.07, 6.45) is 2.67. The molecule has 1 aliphatic rings. The number of nitrogens with one attached hydrogen (secondary N) is 1. The first-order valence-corrected chi connectivity index (χ1v) is 6.76. The van der Waals surface area contributed by atoms with Crippen molar-refractivity contribution in [3.8, 4) is 5.75 Å². The Labute approximate surface area is 113 Å². The maximum Gasteiger partial charge on any atom is 0.137 e. The van der Waals surface area contributed by atoms with Crippen LogP contribution in [0, 0.1) is 0 Å². The second-order valence-corrected chi connectivity index (χ2v) is 5.10. The van der Waals surface area contributed by atoms with Crippen LogP contribution in [0.25, 0.3) is 0 Å². The lowest BCUT2D eigenvalue weighted by atomic mass is 10.1. The van der Waals surface area contributed by atoms with Crippen LogP contribution in [0.15, 0.2) is 18.2 Å². The fraction of sp³-hybridized carbons (Fsp3) is 0.571. The van der Waals surface area contributed by atoms with Gasteiger partial charge in [-0.2, -0.15) is 0 Å². The average molecular weight is 270 g/mol. The lowest BCUT2D eigenvalue weighted by Gasteiger charge is -2.20. The van der Waals surface area contributed by atoms with E-state index >= 15 is 0 Å². The fourth-order valence-electron chi connectivity index (χ4n) is 2.23. The van der Waals surface area contributed by atoms with E-state index < -0.39 is 0 Å². The highest BCUT2D eigenvalue weighted by atomic mass is 35.5. The zero-order valence-electron chi connectivity index (χ0n) is 10.9. The Hall–Kier alpha value is -0.770. The van der Waals surface area contributed by atoms with Crippen molar-refractivity contribution in [1.29, 1.82) is 0 Å².